The van der Waals surface area contributed by atoms with Crippen molar-refractivity contribution in [2.45, 2.75) is 10.6 Å². The van der Waals surface area contributed by atoms with E-state index in [0.717, 1.165) is 0 Å². The topological polar surface area (TPSA) is 60.2 Å². The Morgan fingerprint density at radius 2 is 2.00 bits per heavy atom. The summed E-state index contributed by atoms with van der Waals surface area (Å²) in [5.74, 6) is -0.0922. The first kappa shape index (κ1) is 13.9. The Kier molecular flexibility index (Phi) is 4.01. The molecule has 1 heterocycles. The quantitative estimate of drug-likeness (QED) is 0.842. The first-order valence-electron chi connectivity index (χ1n) is 4.90. The standard InChI is InChI=1S/C11H9BrClNO2S2/c12-7-1-3-9(14)10(5-7)18(15,16)6-8-2-4-11(13)17-8/h1-5H,6,14H2. The Morgan fingerprint density at radius 1 is 1.28 bits per heavy atom. The van der Waals surface area contributed by atoms with Crippen molar-refractivity contribution in [2.75, 3.05) is 5.73 Å². The molecule has 2 aromatic rings. The fourth-order valence-corrected chi connectivity index (χ4v) is 4.93. The van der Waals surface area contributed by atoms with E-state index < -0.39 is 9.84 Å². The minimum absolute atomic E-state index is 0.0922. The predicted octanol–water partition coefficient (Wildman–Crippen LogP) is 3.72. The monoisotopic (exact) mass is 365 g/mol. The van der Waals surface area contributed by atoms with Crippen molar-refractivity contribution in [1.82, 2.24) is 0 Å². The molecule has 0 saturated carbocycles. The van der Waals surface area contributed by atoms with Gasteiger partial charge in [0.1, 0.15) is 0 Å². The number of halogens is 2. The van der Waals surface area contributed by atoms with Crippen molar-refractivity contribution >= 4 is 54.4 Å². The van der Waals surface area contributed by atoms with Gasteiger partial charge in [0.05, 0.1) is 20.7 Å². The van der Waals surface area contributed by atoms with Crippen LogP contribution in [-0.4, -0.2) is 8.42 Å². The molecule has 1 aromatic heterocycles. The molecule has 0 atom stereocenters. The summed E-state index contributed by atoms with van der Waals surface area (Å²) in [5.41, 5.74) is 5.96. The van der Waals surface area contributed by atoms with Crippen molar-refractivity contribution in [3.05, 3.63) is 44.0 Å². The summed E-state index contributed by atoms with van der Waals surface area (Å²) in [6.07, 6.45) is 0. The van der Waals surface area contributed by atoms with Crippen LogP contribution < -0.4 is 5.73 Å². The highest BCUT2D eigenvalue weighted by Crippen LogP contribution is 2.29. The molecule has 18 heavy (non-hydrogen) atoms. The van der Waals surface area contributed by atoms with Crippen LogP contribution in [0.5, 0.6) is 0 Å². The zero-order valence-electron chi connectivity index (χ0n) is 9.06. The molecule has 0 aliphatic rings. The van der Waals surface area contributed by atoms with E-state index in [9.17, 15) is 8.42 Å². The summed E-state index contributed by atoms with van der Waals surface area (Å²) in [4.78, 5) is 0.834. The maximum atomic E-state index is 12.2. The Hall–Kier alpha value is -0.560. The van der Waals surface area contributed by atoms with E-state index in [1.807, 2.05) is 0 Å². The fourth-order valence-electron chi connectivity index (χ4n) is 1.47. The Labute approximate surface area is 123 Å². The SMILES string of the molecule is Nc1ccc(Br)cc1S(=O)(=O)Cc1ccc(Cl)s1. The summed E-state index contributed by atoms with van der Waals surface area (Å²) in [7, 11) is -3.46. The third kappa shape index (κ3) is 3.06. The molecule has 2 rings (SSSR count). The molecule has 0 radical (unpaired) electrons. The van der Waals surface area contributed by atoms with E-state index in [-0.39, 0.29) is 16.3 Å². The first-order valence-corrected chi connectivity index (χ1v) is 8.54. The van der Waals surface area contributed by atoms with Gasteiger partial charge in [-0.1, -0.05) is 27.5 Å². The normalized spacial score (nSPS) is 11.7. The van der Waals surface area contributed by atoms with Gasteiger partial charge in [0, 0.05) is 9.35 Å². The molecule has 0 spiro atoms. The lowest BCUT2D eigenvalue weighted by molar-refractivity contribution is 0.596. The summed E-state index contributed by atoms with van der Waals surface area (Å²) in [5, 5.41) is 0. The van der Waals surface area contributed by atoms with Gasteiger partial charge in [-0.25, -0.2) is 8.42 Å². The molecule has 0 aliphatic heterocycles. The van der Waals surface area contributed by atoms with Gasteiger partial charge in [0.2, 0.25) is 0 Å². The van der Waals surface area contributed by atoms with E-state index in [1.165, 1.54) is 17.4 Å². The minimum atomic E-state index is -3.46. The Balaban J connectivity index is 2.39. The molecule has 0 unspecified atom stereocenters. The van der Waals surface area contributed by atoms with Gasteiger partial charge in [-0.15, -0.1) is 11.3 Å². The molecule has 96 valence electrons. The number of thiophene rings is 1. The molecule has 7 heteroatoms. The Morgan fingerprint density at radius 3 is 2.61 bits per heavy atom. The smallest absolute Gasteiger partial charge is 0.185 e. The van der Waals surface area contributed by atoms with Crippen LogP contribution in [-0.2, 0) is 15.6 Å². The van der Waals surface area contributed by atoms with Crippen molar-refractivity contribution in [3.63, 3.8) is 0 Å². The second-order valence-electron chi connectivity index (χ2n) is 3.65. The lowest BCUT2D eigenvalue weighted by Gasteiger charge is -2.07. The third-order valence-corrected chi connectivity index (χ3v) is 5.89. The fraction of sp³-hybridized carbons (Fsp3) is 0.0909. The van der Waals surface area contributed by atoms with Crippen molar-refractivity contribution in [1.29, 1.82) is 0 Å². The van der Waals surface area contributed by atoms with Gasteiger partial charge >= 0.3 is 0 Å². The van der Waals surface area contributed by atoms with Crippen molar-refractivity contribution in [2.24, 2.45) is 0 Å². The summed E-state index contributed by atoms with van der Waals surface area (Å²) in [6.45, 7) is 0. The molecular formula is C11H9BrClNO2S2. The highest BCUT2D eigenvalue weighted by Gasteiger charge is 2.19. The van der Waals surface area contributed by atoms with Crippen molar-refractivity contribution < 1.29 is 8.42 Å². The van der Waals surface area contributed by atoms with E-state index in [4.69, 9.17) is 17.3 Å². The first-order chi connectivity index (χ1) is 8.38. The largest absolute Gasteiger partial charge is 0.398 e. The van der Waals surface area contributed by atoms with Gasteiger partial charge in [-0.3, -0.25) is 0 Å². The van der Waals surface area contributed by atoms with Crippen LogP contribution in [0.1, 0.15) is 4.88 Å². The van der Waals surface area contributed by atoms with Gasteiger partial charge in [0.15, 0.2) is 9.84 Å². The van der Waals surface area contributed by atoms with Crippen LogP contribution in [0.15, 0.2) is 39.7 Å². The maximum absolute atomic E-state index is 12.2. The molecule has 0 bridgehead atoms. The molecule has 0 aliphatic carbocycles. The molecule has 2 N–H and O–H groups in total. The van der Waals surface area contributed by atoms with Crippen LogP contribution in [0.2, 0.25) is 4.34 Å². The highest BCUT2D eigenvalue weighted by molar-refractivity contribution is 9.10. The van der Waals surface area contributed by atoms with E-state index in [2.05, 4.69) is 15.9 Å². The number of sulfone groups is 1. The zero-order valence-corrected chi connectivity index (χ0v) is 13.0. The summed E-state index contributed by atoms with van der Waals surface area (Å²) in [6, 6.07) is 8.18. The van der Waals surface area contributed by atoms with E-state index >= 15 is 0 Å². The van der Waals surface area contributed by atoms with Gasteiger partial charge in [-0.2, -0.15) is 0 Å². The number of hydrogen-bond acceptors (Lipinski definition) is 4. The second kappa shape index (κ2) is 5.21. The van der Waals surface area contributed by atoms with E-state index in [1.54, 1.807) is 24.3 Å². The molecule has 0 fully saturated rings. The molecule has 1 aromatic carbocycles. The molecular weight excluding hydrogens is 358 g/mol. The van der Waals surface area contributed by atoms with Gasteiger partial charge < -0.3 is 5.73 Å². The van der Waals surface area contributed by atoms with Crippen LogP contribution in [0.3, 0.4) is 0 Å². The number of nitrogens with two attached hydrogens (primary N) is 1. The second-order valence-corrected chi connectivity index (χ2v) is 8.32. The van der Waals surface area contributed by atoms with Crippen LogP contribution >= 0.6 is 38.9 Å². The van der Waals surface area contributed by atoms with Crippen LogP contribution in [0.4, 0.5) is 5.69 Å². The van der Waals surface area contributed by atoms with E-state index in [0.29, 0.717) is 13.7 Å². The lowest BCUT2D eigenvalue weighted by atomic mass is 10.3. The zero-order chi connectivity index (χ0) is 13.3. The summed E-state index contributed by atoms with van der Waals surface area (Å²) < 4.78 is 25.7. The molecule has 0 saturated heterocycles. The average Bonchev–Trinajstić information content (AvgIpc) is 2.66. The van der Waals surface area contributed by atoms with Crippen LogP contribution in [0.25, 0.3) is 0 Å². The number of hydrogen-bond donors (Lipinski definition) is 1. The highest BCUT2D eigenvalue weighted by atomic mass is 79.9. The van der Waals surface area contributed by atoms with Crippen LogP contribution in [0, 0.1) is 0 Å². The number of benzene rings is 1. The number of rotatable bonds is 3. The molecule has 3 nitrogen and oxygen atoms in total. The van der Waals surface area contributed by atoms with Gasteiger partial charge in [0.25, 0.3) is 0 Å². The lowest BCUT2D eigenvalue weighted by Crippen LogP contribution is -2.07. The number of anilines is 1. The van der Waals surface area contributed by atoms with Crippen molar-refractivity contribution in [3.8, 4) is 0 Å². The maximum Gasteiger partial charge on any atom is 0.185 e. The average molecular weight is 367 g/mol. The molecule has 0 amide bonds. The predicted molar refractivity (Wildman–Crippen MR) is 78.8 cm³/mol. The summed E-state index contributed by atoms with van der Waals surface area (Å²) >= 11 is 10.3. The van der Waals surface area contributed by atoms with Gasteiger partial charge in [-0.05, 0) is 30.3 Å². The Bertz CT molecular complexity index is 682. The third-order valence-electron chi connectivity index (χ3n) is 2.27. The number of nitrogen functional groups attached to an aromatic ring is 1. The minimum Gasteiger partial charge on any atom is -0.398 e.